The zero-order valence-corrected chi connectivity index (χ0v) is 12.5. The van der Waals surface area contributed by atoms with E-state index in [2.05, 4.69) is 57.7 Å². The van der Waals surface area contributed by atoms with Gasteiger partial charge in [-0.15, -0.1) is 0 Å². The van der Waals surface area contributed by atoms with Crippen LogP contribution in [0.2, 0.25) is 0 Å². The summed E-state index contributed by atoms with van der Waals surface area (Å²) in [7, 11) is 2.11. The van der Waals surface area contributed by atoms with Crippen LogP contribution in [0.1, 0.15) is 5.56 Å². The van der Waals surface area contributed by atoms with Crippen LogP contribution >= 0.6 is 22.6 Å². The van der Waals surface area contributed by atoms with Crippen LogP contribution in [0.5, 0.6) is 0 Å². The third-order valence-corrected chi connectivity index (χ3v) is 3.73. The second-order valence-electron chi connectivity index (χ2n) is 4.24. The summed E-state index contributed by atoms with van der Waals surface area (Å²) in [4.78, 5) is 6.28. The normalized spacial score (nSPS) is 10.3. The predicted molar refractivity (Wildman–Crippen MR) is 84.8 cm³/mol. The molecule has 0 bridgehead atoms. The van der Waals surface area contributed by atoms with Gasteiger partial charge in [0.05, 0.1) is 5.69 Å². The van der Waals surface area contributed by atoms with E-state index in [0.29, 0.717) is 0 Å². The molecule has 2 aromatic rings. The number of likely N-dealkylation sites (N-methyl/N-ethyl adjacent to an activating group) is 1. The molecule has 0 fully saturated rings. The molecule has 0 radical (unpaired) electrons. The summed E-state index contributed by atoms with van der Waals surface area (Å²) >= 11 is 2.32. The quantitative estimate of drug-likeness (QED) is 0.679. The fraction of sp³-hybridized carbons (Fsp3) is 0.214. The maximum Gasteiger partial charge on any atom is 0.0500 e. The number of halogens is 1. The number of nitrogens with two attached hydrogens (primary N) is 1. The lowest BCUT2D eigenvalue weighted by Crippen LogP contribution is -2.21. The van der Waals surface area contributed by atoms with E-state index in [0.717, 1.165) is 18.7 Å². The van der Waals surface area contributed by atoms with Crippen LogP contribution < -0.4 is 10.6 Å². The van der Waals surface area contributed by atoms with E-state index in [9.17, 15) is 0 Å². The minimum atomic E-state index is 0.811. The Bertz CT molecular complexity index is 514. The third-order valence-electron chi connectivity index (χ3n) is 2.87. The standard InChI is InChI=1S/C14H16IN3/c1-18(9-6-11-4-7-17-8-5-11)14-3-2-12(16)10-13(14)15/h2-5,7-8,10H,6,9,16H2,1H3. The highest BCUT2D eigenvalue weighted by Crippen LogP contribution is 2.23. The molecule has 1 heterocycles. The molecule has 18 heavy (non-hydrogen) atoms. The summed E-state index contributed by atoms with van der Waals surface area (Å²) in [5, 5.41) is 0. The molecule has 0 atom stereocenters. The Balaban J connectivity index is 2.01. The lowest BCUT2D eigenvalue weighted by molar-refractivity contribution is 0.873. The average Bonchev–Trinajstić information content (AvgIpc) is 2.37. The van der Waals surface area contributed by atoms with E-state index in [1.165, 1.54) is 14.8 Å². The van der Waals surface area contributed by atoms with Gasteiger partial charge in [0, 0.05) is 35.2 Å². The van der Waals surface area contributed by atoms with E-state index < -0.39 is 0 Å². The average molecular weight is 353 g/mol. The molecule has 2 N–H and O–H groups in total. The summed E-state index contributed by atoms with van der Waals surface area (Å²) < 4.78 is 1.19. The predicted octanol–water partition coefficient (Wildman–Crippen LogP) is 2.95. The number of nitrogens with zero attached hydrogens (tertiary/aromatic N) is 2. The molecule has 0 amide bonds. The molecule has 0 aliphatic carbocycles. The minimum Gasteiger partial charge on any atom is -0.399 e. The molecule has 3 nitrogen and oxygen atoms in total. The number of hydrogen-bond acceptors (Lipinski definition) is 3. The van der Waals surface area contributed by atoms with Gasteiger partial charge in [0.15, 0.2) is 0 Å². The summed E-state index contributed by atoms with van der Waals surface area (Å²) in [5.74, 6) is 0. The SMILES string of the molecule is CN(CCc1ccncc1)c1ccc(N)cc1I. The Morgan fingerprint density at radius 3 is 2.61 bits per heavy atom. The fourth-order valence-corrected chi connectivity index (χ4v) is 2.75. The Morgan fingerprint density at radius 1 is 1.22 bits per heavy atom. The zero-order valence-electron chi connectivity index (χ0n) is 10.3. The number of rotatable bonds is 4. The highest BCUT2D eigenvalue weighted by molar-refractivity contribution is 14.1. The number of aromatic nitrogens is 1. The molecule has 2 rings (SSSR count). The molecular formula is C14H16IN3. The van der Waals surface area contributed by atoms with Crippen LogP contribution in [-0.4, -0.2) is 18.6 Å². The molecule has 1 aromatic carbocycles. The van der Waals surface area contributed by atoms with Crippen LogP contribution in [-0.2, 0) is 6.42 Å². The van der Waals surface area contributed by atoms with Crippen LogP contribution in [0, 0.1) is 3.57 Å². The van der Waals surface area contributed by atoms with E-state index in [1.807, 2.05) is 24.5 Å². The topological polar surface area (TPSA) is 42.2 Å². The Labute approximate surface area is 121 Å². The Morgan fingerprint density at radius 2 is 1.94 bits per heavy atom. The van der Waals surface area contributed by atoms with Gasteiger partial charge in [0.1, 0.15) is 0 Å². The number of hydrogen-bond donors (Lipinski definition) is 1. The van der Waals surface area contributed by atoms with Gasteiger partial charge in [-0.3, -0.25) is 4.98 Å². The maximum atomic E-state index is 5.76. The molecule has 0 unspecified atom stereocenters. The largest absolute Gasteiger partial charge is 0.399 e. The monoisotopic (exact) mass is 353 g/mol. The number of pyridine rings is 1. The van der Waals surface area contributed by atoms with Crippen molar-refractivity contribution in [1.82, 2.24) is 4.98 Å². The summed E-state index contributed by atoms with van der Waals surface area (Å²) in [5.41, 5.74) is 9.10. The molecular weight excluding hydrogens is 337 g/mol. The van der Waals surface area contributed by atoms with Crippen LogP contribution in [0.4, 0.5) is 11.4 Å². The number of benzene rings is 1. The van der Waals surface area contributed by atoms with Crippen molar-refractivity contribution < 1.29 is 0 Å². The molecule has 0 aliphatic heterocycles. The highest BCUT2D eigenvalue weighted by Gasteiger charge is 2.05. The van der Waals surface area contributed by atoms with E-state index >= 15 is 0 Å². The Hall–Kier alpha value is -1.30. The second-order valence-corrected chi connectivity index (χ2v) is 5.40. The molecule has 0 saturated heterocycles. The van der Waals surface area contributed by atoms with E-state index in [-0.39, 0.29) is 0 Å². The van der Waals surface area contributed by atoms with Crippen molar-refractivity contribution in [2.75, 3.05) is 24.2 Å². The van der Waals surface area contributed by atoms with Crippen molar-refractivity contribution in [3.8, 4) is 0 Å². The van der Waals surface area contributed by atoms with Crippen molar-refractivity contribution in [2.45, 2.75) is 6.42 Å². The molecule has 0 spiro atoms. The van der Waals surface area contributed by atoms with Gasteiger partial charge in [0.2, 0.25) is 0 Å². The maximum absolute atomic E-state index is 5.76. The van der Waals surface area contributed by atoms with Gasteiger partial charge < -0.3 is 10.6 Å². The summed E-state index contributed by atoms with van der Waals surface area (Å²) in [6, 6.07) is 10.1. The zero-order chi connectivity index (χ0) is 13.0. The second kappa shape index (κ2) is 6.04. The lowest BCUT2D eigenvalue weighted by atomic mass is 10.2. The van der Waals surface area contributed by atoms with Crippen LogP contribution in [0.3, 0.4) is 0 Å². The van der Waals surface area contributed by atoms with E-state index in [1.54, 1.807) is 0 Å². The first kappa shape index (κ1) is 13.1. The molecule has 0 aliphatic rings. The molecule has 94 valence electrons. The first-order chi connectivity index (χ1) is 8.66. The molecule has 0 saturated carbocycles. The van der Waals surface area contributed by atoms with Crippen molar-refractivity contribution in [1.29, 1.82) is 0 Å². The minimum absolute atomic E-state index is 0.811. The first-order valence-corrected chi connectivity index (χ1v) is 6.90. The summed E-state index contributed by atoms with van der Waals surface area (Å²) in [6.45, 7) is 0.976. The van der Waals surface area contributed by atoms with E-state index in [4.69, 9.17) is 5.73 Å². The number of nitrogen functional groups attached to an aromatic ring is 1. The van der Waals surface area contributed by atoms with Crippen molar-refractivity contribution in [3.05, 3.63) is 51.9 Å². The highest BCUT2D eigenvalue weighted by atomic mass is 127. The third kappa shape index (κ3) is 3.35. The fourth-order valence-electron chi connectivity index (χ4n) is 1.80. The lowest BCUT2D eigenvalue weighted by Gasteiger charge is -2.21. The first-order valence-electron chi connectivity index (χ1n) is 5.82. The van der Waals surface area contributed by atoms with Gasteiger partial charge in [-0.05, 0) is 64.9 Å². The number of anilines is 2. The molecule has 4 heteroatoms. The Kier molecular flexibility index (Phi) is 4.41. The van der Waals surface area contributed by atoms with Crippen LogP contribution in [0.25, 0.3) is 0 Å². The smallest absolute Gasteiger partial charge is 0.0500 e. The van der Waals surface area contributed by atoms with Crippen molar-refractivity contribution >= 4 is 34.0 Å². The van der Waals surface area contributed by atoms with Crippen molar-refractivity contribution in [2.24, 2.45) is 0 Å². The summed E-state index contributed by atoms with van der Waals surface area (Å²) in [6.07, 6.45) is 4.68. The van der Waals surface area contributed by atoms with Gasteiger partial charge in [-0.25, -0.2) is 0 Å². The molecule has 1 aromatic heterocycles. The van der Waals surface area contributed by atoms with Gasteiger partial charge in [-0.2, -0.15) is 0 Å². The van der Waals surface area contributed by atoms with Crippen LogP contribution in [0.15, 0.2) is 42.7 Å². The van der Waals surface area contributed by atoms with Gasteiger partial charge >= 0.3 is 0 Å². The van der Waals surface area contributed by atoms with Gasteiger partial charge in [0.25, 0.3) is 0 Å². The van der Waals surface area contributed by atoms with Crippen molar-refractivity contribution in [3.63, 3.8) is 0 Å². The van der Waals surface area contributed by atoms with Gasteiger partial charge in [-0.1, -0.05) is 0 Å².